The highest BCUT2D eigenvalue weighted by Crippen LogP contribution is 2.40. The Labute approximate surface area is 83.8 Å². The van der Waals surface area contributed by atoms with Gasteiger partial charge in [-0.05, 0) is 18.8 Å². The van der Waals surface area contributed by atoms with E-state index in [1.165, 1.54) is 0 Å². The lowest BCUT2D eigenvalue weighted by atomic mass is 9.76. The molecular weight excluding hydrogens is 178 g/mol. The third-order valence-corrected chi connectivity index (χ3v) is 3.40. The lowest BCUT2D eigenvalue weighted by Crippen LogP contribution is -2.35. The average Bonchev–Trinajstić information content (AvgIpc) is 2.72. The number of aromatic nitrogens is 3. The van der Waals surface area contributed by atoms with Gasteiger partial charge in [0.1, 0.15) is 6.33 Å². The van der Waals surface area contributed by atoms with E-state index in [9.17, 15) is 5.11 Å². The van der Waals surface area contributed by atoms with Gasteiger partial charge in [0.15, 0.2) is 5.82 Å². The summed E-state index contributed by atoms with van der Waals surface area (Å²) in [5.74, 6) is 1.10. The molecule has 0 radical (unpaired) electrons. The van der Waals surface area contributed by atoms with Gasteiger partial charge in [-0.15, -0.1) is 0 Å². The zero-order valence-electron chi connectivity index (χ0n) is 8.70. The summed E-state index contributed by atoms with van der Waals surface area (Å²) < 4.78 is 0. The first-order valence-electron chi connectivity index (χ1n) is 5.16. The van der Waals surface area contributed by atoms with Crippen LogP contribution in [0.5, 0.6) is 0 Å². The van der Waals surface area contributed by atoms with E-state index < -0.39 is 0 Å². The van der Waals surface area contributed by atoms with Gasteiger partial charge in [-0.2, -0.15) is 5.10 Å². The van der Waals surface area contributed by atoms with Crippen LogP contribution in [-0.4, -0.2) is 26.4 Å². The minimum absolute atomic E-state index is 0.129. The summed E-state index contributed by atoms with van der Waals surface area (Å²) >= 11 is 0. The minimum Gasteiger partial charge on any atom is -0.393 e. The van der Waals surface area contributed by atoms with Crippen molar-refractivity contribution in [2.24, 2.45) is 5.92 Å². The molecule has 2 atom stereocenters. The Morgan fingerprint density at radius 1 is 1.50 bits per heavy atom. The van der Waals surface area contributed by atoms with Crippen LogP contribution in [0.3, 0.4) is 0 Å². The van der Waals surface area contributed by atoms with Crippen molar-refractivity contribution < 1.29 is 5.11 Å². The van der Waals surface area contributed by atoms with E-state index in [1.807, 2.05) is 0 Å². The quantitative estimate of drug-likeness (QED) is 0.746. The molecule has 0 spiro atoms. The van der Waals surface area contributed by atoms with Gasteiger partial charge in [0, 0.05) is 5.41 Å². The zero-order chi connectivity index (χ0) is 10.2. The predicted molar refractivity (Wildman–Crippen MR) is 52.8 cm³/mol. The largest absolute Gasteiger partial charge is 0.393 e. The van der Waals surface area contributed by atoms with Crippen LogP contribution in [0, 0.1) is 5.92 Å². The van der Waals surface area contributed by atoms with Crippen molar-refractivity contribution in [3.63, 3.8) is 0 Å². The van der Waals surface area contributed by atoms with Gasteiger partial charge in [-0.25, -0.2) is 4.98 Å². The Balaban J connectivity index is 2.23. The summed E-state index contributed by atoms with van der Waals surface area (Å²) in [5.41, 5.74) is -0.129. The molecule has 1 aliphatic rings. The first-order valence-corrected chi connectivity index (χ1v) is 5.16. The van der Waals surface area contributed by atoms with Crippen molar-refractivity contribution in [3.8, 4) is 0 Å². The molecule has 0 aliphatic heterocycles. The molecule has 2 unspecified atom stereocenters. The Kier molecular flexibility index (Phi) is 2.31. The minimum atomic E-state index is -0.191. The highest BCUT2D eigenvalue weighted by molar-refractivity contribution is 5.07. The highest BCUT2D eigenvalue weighted by atomic mass is 16.3. The topological polar surface area (TPSA) is 61.8 Å². The normalized spacial score (nSPS) is 28.2. The van der Waals surface area contributed by atoms with Crippen LogP contribution in [0.25, 0.3) is 0 Å². The highest BCUT2D eigenvalue weighted by Gasteiger charge is 2.41. The standard InChI is InChI=1S/C10H17N3O/c1-10(2,9-11-6-12-13-9)7-4-3-5-8(7)14/h6-8,14H,3-5H2,1-2H3,(H,11,12,13). The van der Waals surface area contributed by atoms with E-state index in [0.717, 1.165) is 25.1 Å². The lowest BCUT2D eigenvalue weighted by molar-refractivity contribution is 0.0899. The number of aromatic amines is 1. The number of aliphatic hydroxyl groups excluding tert-OH is 1. The SMILES string of the molecule is CC(C)(c1nc[nH]n1)C1CCCC1O. The summed E-state index contributed by atoms with van der Waals surface area (Å²) in [6, 6.07) is 0. The van der Waals surface area contributed by atoms with Gasteiger partial charge in [0.25, 0.3) is 0 Å². The Hall–Kier alpha value is -0.900. The fourth-order valence-corrected chi connectivity index (χ4v) is 2.47. The van der Waals surface area contributed by atoms with Crippen LogP contribution < -0.4 is 0 Å². The summed E-state index contributed by atoms with van der Waals surface area (Å²) in [6.45, 7) is 4.21. The molecule has 2 rings (SSSR count). The molecule has 1 aliphatic carbocycles. The number of rotatable bonds is 2. The third-order valence-electron chi connectivity index (χ3n) is 3.40. The van der Waals surface area contributed by atoms with E-state index >= 15 is 0 Å². The van der Waals surface area contributed by atoms with Gasteiger partial charge >= 0.3 is 0 Å². The van der Waals surface area contributed by atoms with Crippen molar-refractivity contribution in [3.05, 3.63) is 12.2 Å². The molecule has 2 N–H and O–H groups in total. The summed E-state index contributed by atoms with van der Waals surface area (Å²) in [7, 11) is 0. The first-order chi connectivity index (χ1) is 6.62. The maximum Gasteiger partial charge on any atom is 0.156 e. The molecule has 1 heterocycles. The molecule has 0 bridgehead atoms. The van der Waals surface area contributed by atoms with Crippen molar-refractivity contribution in [1.29, 1.82) is 0 Å². The van der Waals surface area contributed by atoms with Crippen molar-refractivity contribution in [1.82, 2.24) is 15.2 Å². The second-order valence-electron chi connectivity index (χ2n) is 4.65. The number of nitrogens with zero attached hydrogens (tertiary/aromatic N) is 2. The molecule has 14 heavy (non-hydrogen) atoms. The first kappa shape index (κ1) is 9.65. The van der Waals surface area contributed by atoms with Gasteiger partial charge < -0.3 is 5.11 Å². The molecule has 1 aromatic heterocycles. The van der Waals surface area contributed by atoms with Crippen molar-refractivity contribution in [2.45, 2.75) is 44.6 Å². The maximum absolute atomic E-state index is 9.86. The second kappa shape index (κ2) is 3.35. The summed E-state index contributed by atoms with van der Waals surface area (Å²) in [5, 5.41) is 16.7. The van der Waals surface area contributed by atoms with Gasteiger partial charge in [-0.1, -0.05) is 20.3 Å². The van der Waals surface area contributed by atoms with E-state index in [-0.39, 0.29) is 11.5 Å². The van der Waals surface area contributed by atoms with E-state index in [0.29, 0.717) is 5.92 Å². The number of hydrogen-bond acceptors (Lipinski definition) is 3. The van der Waals surface area contributed by atoms with Crippen LogP contribution in [0.2, 0.25) is 0 Å². The Bertz CT molecular complexity index is 294. The van der Waals surface area contributed by atoms with Crippen LogP contribution in [0.4, 0.5) is 0 Å². The molecule has 1 aromatic rings. The van der Waals surface area contributed by atoms with E-state index in [1.54, 1.807) is 6.33 Å². The van der Waals surface area contributed by atoms with Crippen LogP contribution in [-0.2, 0) is 5.41 Å². The van der Waals surface area contributed by atoms with Gasteiger partial charge in [0.05, 0.1) is 6.10 Å². The van der Waals surface area contributed by atoms with E-state index in [4.69, 9.17) is 0 Å². The van der Waals surface area contributed by atoms with Gasteiger partial charge in [0.2, 0.25) is 0 Å². The van der Waals surface area contributed by atoms with Crippen LogP contribution >= 0.6 is 0 Å². The Morgan fingerprint density at radius 3 is 2.79 bits per heavy atom. The second-order valence-corrected chi connectivity index (χ2v) is 4.65. The fourth-order valence-electron chi connectivity index (χ4n) is 2.47. The van der Waals surface area contributed by atoms with Crippen molar-refractivity contribution in [2.75, 3.05) is 0 Å². The molecular formula is C10H17N3O. The van der Waals surface area contributed by atoms with Gasteiger partial charge in [-0.3, -0.25) is 5.10 Å². The fraction of sp³-hybridized carbons (Fsp3) is 0.800. The molecule has 0 aromatic carbocycles. The monoisotopic (exact) mass is 195 g/mol. The maximum atomic E-state index is 9.86. The molecule has 4 heteroatoms. The van der Waals surface area contributed by atoms with Crippen LogP contribution in [0.15, 0.2) is 6.33 Å². The molecule has 1 saturated carbocycles. The number of nitrogens with one attached hydrogen (secondary N) is 1. The molecule has 0 amide bonds. The van der Waals surface area contributed by atoms with Crippen LogP contribution in [0.1, 0.15) is 38.9 Å². The molecule has 4 nitrogen and oxygen atoms in total. The molecule has 78 valence electrons. The smallest absolute Gasteiger partial charge is 0.156 e. The zero-order valence-corrected chi connectivity index (χ0v) is 8.70. The average molecular weight is 195 g/mol. The third kappa shape index (κ3) is 1.43. The Morgan fingerprint density at radius 2 is 2.29 bits per heavy atom. The number of H-pyrrole nitrogens is 1. The van der Waals surface area contributed by atoms with E-state index in [2.05, 4.69) is 29.0 Å². The number of aliphatic hydroxyl groups is 1. The summed E-state index contributed by atoms with van der Waals surface area (Å²) in [6.07, 6.45) is 4.50. The molecule has 0 saturated heterocycles. The molecule has 1 fully saturated rings. The number of hydrogen-bond donors (Lipinski definition) is 2. The lowest BCUT2D eigenvalue weighted by Gasteiger charge is -2.30. The predicted octanol–water partition coefficient (Wildman–Crippen LogP) is 1.24. The summed E-state index contributed by atoms with van der Waals surface area (Å²) in [4.78, 5) is 4.19. The van der Waals surface area contributed by atoms with Crippen molar-refractivity contribution >= 4 is 0 Å².